The summed E-state index contributed by atoms with van der Waals surface area (Å²) in [7, 11) is -0.624. The van der Waals surface area contributed by atoms with Crippen molar-refractivity contribution in [2.45, 2.75) is 88.3 Å². The van der Waals surface area contributed by atoms with Crippen molar-refractivity contribution in [1.29, 1.82) is 0 Å². The van der Waals surface area contributed by atoms with Crippen molar-refractivity contribution in [3.63, 3.8) is 0 Å². The fourth-order valence-electron chi connectivity index (χ4n) is 4.10. The number of hydrogen-bond acceptors (Lipinski definition) is 9. The van der Waals surface area contributed by atoms with Crippen LogP contribution in [0.25, 0.3) is 0 Å². The molecule has 0 aromatic heterocycles. The molecule has 8 atom stereocenters. The average Bonchev–Trinajstić information content (AvgIpc) is 2.85. The van der Waals surface area contributed by atoms with Gasteiger partial charge in [-0.2, -0.15) is 0 Å². The summed E-state index contributed by atoms with van der Waals surface area (Å²) in [6, 6.07) is 9.53. The third kappa shape index (κ3) is 5.98. The second-order valence-corrected chi connectivity index (χ2v) is 15.7. The SMILES string of the molecule is CO[C@H]1O[C@@H]2COC(c3ccccc3)O[C@H]2[C@H](O[C@H]2C=CC(=O)[C@H](CO[Si](C)(C)C(C)(C)C)O2)[C@H]1O. The zero-order valence-electron chi connectivity index (χ0n) is 21.8. The fraction of sp³-hybridized carbons (Fsp3) is 0.654. The minimum absolute atomic E-state index is 0.00251. The number of ether oxygens (including phenoxy) is 6. The molecule has 3 heterocycles. The monoisotopic (exact) mass is 522 g/mol. The molecule has 0 radical (unpaired) electrons. The summed E-state index contributed by atoms with van der Waals surface area (Å²) in [5.41, 5.74) is 0.848. The molecule has 0 spiro atoms. The zero-order chi connectivity index (χ0) is 26.1. The molecule has 0 bridgehead atoms. The van der Waals surface area contributed by atoms with Gasteiger partial charge >= 0.3 is 0 Å². The first kappa shape index (κ1) is 27.6. The minimum atomic E-state index is -2.08. The number of methoxy groups -OCH3 is 1. The van der Waals surface area contributed by atoms with Gasteiger partial charge in [0.1, 0.15) is 30.5 Å². The lowest BCUT2D eigenvalue weighted by atomic mass is 9.97. The minimum Gasteiger partial charge on any atom is -0.414 e. The number of aliphatic hydroxyl groups is 1. The lowest BCUT2D eigenvalue weighted by molar-refractivity contribution is -0.373. The van der Waals surface area contributed by atoms with Crippen molar-refractivity contribution in [2.75, 3.05) is 20.3 Å². The predicted octanol–water partition coefficient (Wildman–Crippen LogP) is 3.09. The van der Waals surface area contributed by atoms with Crippen LogP contribution in [0.2, 0.25) is 18.1 Å². The molecule has 1 N–H and O–H groups in total. The van der Waals surface area contributed by atoms with Gasteiger partial charge in [0, 0.05) is 12.7 Å². The van der Waals surface area contributed by atoms with Gasteiger partial charge in [0.05, 0.1) is 13.2 Å². The average molecular weight is 523 g/mol. The van der Waals surface area contributed by atoms with Crippen LogP contribution < -0.4 is 0 Å². The molecule has 0 aliphatic carbocycles. The summed E-state index contributed by atoms with van der Waals surface area (Å²) in [5.74, 6) is -0.180. The predicted molar refractivity (Wildman–Crippen MR) is 133 cm³/mol. The van der Waals surface area contributed by atoms with E-state index in [0.717, 1.165) is 5.56 Å². The second kappa shape index (κ2) is 11.1. The van der Waals surface area contributed by atoms with Gasteiger partial charge in [-0.25, -0.2) is 0 Å². The largest absolute Gasteiger partial charge is 0.414 e. The van der Waals surface area contributed by atoms with Crippen molar-refractivity contribution in [3.8, 4) is 0 Å². The Labute approximate surface area is 213 Å². The maximum Gasteiger partial charge on any atom is 0.192 e. The molecule has 3 aliphatic rings. The first-order valence-corrected chi connectivity index (χ1v) is 15.3. The topological polar surface area (TPSA) is 102 Å². The van der Waals surface area contributed by atoms with E-state index in [2.05, 4.69) is 33.9 Å². The normalized spacial score (nSPS) is 35.5. The molecule has 9 nitrogen and oxygen atoms in total. The molecule has 0 saturated carbocycles. The highest BCUT2D eigenvalue weighted by atomic mass is 28.4. The van der Waals surface area contributed by atoms with E-state index >= 15 is 0 Å². The molecule has 200 valence electrons. The van der Waals surface area contributed by atoms with Crippen molar-refractivity contribution in [3.05, 3.63) is 48.0 Å². The van der Waals surface area contributed by atoms with Gasteiger partial charge in [0.2, 0.25) is 0 Å². The summed E-state index contributed by atoms with van der Waals surface area (Å²) in [4.78, 5) is 12.5. The number of rotatable bonds is 7. The molecular formula is C26H38O9Si. The molecule has 1 aromatic rings. The van der Waals surface area contributed by atoms with Gasteiger partial charge in [-0.3, -0.25) is 4.79 Å². The Balaban J connectivity index is 1.47. The van der Waals surface area contributed by atoms with Crippen LogP contribution in [0.5, 0.6) is 0 Å². The molecule has 10 heteroatoms. The van der Waals surface area contributed by atoms with Crippen LogP contribution in [-0.2, 0) is 37.6 Å². The lowest BCUT2D eigenvalue weighted by Gasteiger charge is -2.48. The van der Waals surface area contributed by atoms with Crippen LogP contribution in [0, 0.1) is 0 Å². The van der Waals surface area contributed by atoms with E-state index in [1.54, 1.807) is 0 Å². The van der Waals surface area contributed by atoms with Gasteiger partial charge in [0.15, 0.2) is 33.0 Å². The van der Waals surface area contributed by atoms with Crippen LogP contribution in [0.3, 0.4) is 0 Å². The third-order valence-corrected chi connectivity index (χ3v) is 11.8. The van der Waals surface area contributed by atoms with Crippen molar-refractivity contribution < 1.29 is 42.7 Å². The quantitative estimate of drug-likeness (QED) is 0.541. The van der Waals surface area contributed by atoms with Crippen LogP contribution in [0.1, 0.15) is 32.6 Å². The number of hydrogen-bond donors (Lipinski definition) is 1. The summed E-state index contributed by atoms with van der Waals surface area (Å²) >= 11 is 0. The maximum absolute atomic E-state index is 12.5. The molecule has 2 saturated heterocycles. The Bertz CT molecular complexity index is 916. The number of aliphatic hydroxyl groups excluding tert-OH is 1. The van der Waals surface area contributed by atoms with E-state index in [9.17, 15) is 9.90 Å². The van der Waals surface area contributed by atoms with Gasteiger partial charge in [-0.15, -0.1) is 0 Å². The summed E-state index contributed by atoms with van der Waals surface area (Å²) in [5, 5.41) is 11.0. The maximum atomic E-state index is 12.5. The first-order chi connectivity index (χ1) is 17.0. The number of fused-ring (bicyclic) bond motifs is 1. The molecule has 0 amide bonds. The summed E-state index contributed by atoms with van der Waals surface area (Å²) in [6.45, 7) is 11.0. The van der Waals surface area contributed by atoms with Crippen LogP contribution in [-0.4, -0.2) is 82.6 Å². The fourth-order valence-corrected chi connectivity index (χ4v) is 5.10. The van der Waals surface area contributed by atoms with Gasteiger partial charge in [-0.05, 0) is 30.3 Å². The van der Waals surface area contributed by atoms with Crippen LogP contribution >= 0.6 is 0 Å². The van der Waals surface area contributed by atoms with Crippen LogP contribution in [0.15, 0.2) is 42.5 Å². The second-order valence-electron chi connectivity index (χ2n) is 10.9. The molecule has 4 rings (SSSR count). The van der Waals surface area contributed by atoms with E-state index < -0.39 is 57.7 Å². The van der Waals surface area contributed by atoms with Crippen molar-refractivity contribution >= 4 is 14.1 Å². The summed E-state index contributed by atoms with van der Waals surface area (Å²) < 4.78 is 41.7. The molecule has 1 aromatic carbocycles. The summed E-state index contributed by atoms with van der Waals surface area (Å²) in [6.07, 6.45) is -3.43. The molecule has 3 aliphatic heterocycles. The van der Waals surface area contributed by atoms with Crippen molar-refractivity contribution in [1.82, 2.24) is 0 Å². The van der Waals surface area contributed by atoms with Gasteiger partial charge in [0.25, 0.3) is 0 Å². The number of ketones is 1. The Hall–Kier alpha value is -1.47. The number of carbonyl (C=O) groups is 1. The van der Waals surface area contributed by atoms with E-state index in [-0.39, 0.29) is 24.0 Å². The highest BCUT2D eigenvalue weighted by molar-refractivity contribution is 6.74. The van der Waals surface area contributed by atoms with E-state index in [1.807, 2.05) is 30.3 Å². The number of carbonyl (C=O) groups excluding carboxylic acids is 1. The highest BCUT2D eigenvalue weighted by Crippen LogP contribution is 2.38. The smallest absolute Gasteiger partial charge is 0.192 e. The molecule has 1 unspecified atom stereocenters. The molecular weight excluding hydrogens is 484 g/mol. The van der Waals surface area contributed by atoms with E-state index in [4.69, 9.17) is 32.8 Å². The Morgan fingerprint density at radius 3 is 2.50 bits per heavy atom. The van der Waals surface area contributed by atoms with Gasteiger partial charge in [-0.1, -0.05) is 51.1 Å². The molecule has 36 heavy (non-hydrogen) atoms. The Morgan fingerprint density at radius 2 is 1.83 bits per heavy atom. The van der Waals surface area contributed by atoms with Crippen molar-refractivity contribution in [2.24, 2.45) is 0 Å². The molecule has 2 fully saturated rings. The van der Waals surface area contributed by atoms with Crippen LogP contribution in [0.4, 0.5) is 0 Å². The first-order valence-electron chi connectivity index (χ1n) is 12.4. The van der Waals surface area contributed by atoms with E-state index in [1.165, 1.54) is 19.3 Å². The highest BCUT2D eigenvalue weighted by Gasteiger charge is 2.51. The number of benzene rings is 1. The zero-order valence-corrected chi connectivity index (χ0v) is 22.8. The standard InChI is InChI=1S/C26H38O9Si/c1-26(2,3)36(5,6)31-15-18-17(27)12-13-20(32-18)34-23-21(28)25(29-4)33-19-14-30-24(35-22(19)23)16-10-8-7-9-11-16/h7-13,18-25,28H,14-15H2,1-6H3/t18-,19+,20-,21+,22+,23+,24?,25-/m0/s1. The Kier molecular flexibility index (Phi) is 8.50. The lowest BCUT2D eigenvalue weighted by Crippen LogP contribution is -2.63. The van der Waals surface area contributed by atoms with Gasteiger partial charge < -0.3 is 38.0 Å². The third-order valence-electron chi connectivity index (χ3n) is 7.34. The van der Waals surface area contributed by atoms with E-state index in [0.29, 0.717) is 0 Å². The Morgan fingerprint density at radius 1 is 1.11 bits per heavy atom.